The zero-order valence-corrected chi connectivity index (χ0v) is 16.9. The number of nitrogens with zero attached hydrogens (tertiary/aromatic N) is 5. The van der Waals surface area contributed by atoms with Crippen LogP contribution in [0.3, 0.4) is 0 Å². The van der Waals surface area contributed by atoms with E-state index in [1.807, 2.05) is 13.0 Å². The number of hydrogen-bond donors (Lipinski definition) is 0. The van der Waals surface area contributed by atoms with Crippen molar-refractivity contribution in [3.63, 3.8) is 0 Å². The predicted molar refractivity (Wildman–Crippen MR) is 118 cm³/mol. The first-order valence-corrected chi connectivity index (χ1v) is 9.48. The maximum absolute atomic E-state index is 4.40. The zero-order chi connectivity index (χ0) is 19.8. The molecule has 5 nitrogen and oxygen atoms in total. The molecular formula is C22H31N5. The van der Waals surface area contributed by atoms with Gasteiger partial charge in [0.05, 0.1) is 0 Å². The molecule has 0 bridgehead atoms. The van der Waals surface area contributed by atoms with Gasteiger partial charge in [-0.05, 0) is 36.8 Å². The highest BCUT2D eigenvalue weighted by atomic mass is 15.3. The monoisotopic (exact) mass is 365 g/mol. The van der Waals surface area contributed by atoms with Crippen LogP contribution in [0.25, 0.3) is 6.08 Å². The van der Waals surface area contributed by atoms with Gasteiger partial charge in [-0.25, -0.2) is 4.99 Å². The molecule has 2 rings (SSSR count). The highest BCUT2D eigenvalue weighted by Gasteiger charge is 2.25. The summed E-state index contributed by atoms with van der Waals surface area (Å²) in [5.41, 5.74) is 4.85. The lowest BCUT2D eigenvalue weighted by Gasteiger charge is -2.38. The molecule has 1 saturated heterocycles. The van der Waals surface area contributed by atoms with Crippen LogP contribution in [-0.4, -0.2) is 61.4 Å². The van der Waals surface area contributed by atoms with E-state index in [0.29, 0.717) is 12.4 Å². The number of piperazine rings is 1. The maximum Gasteiger partial charge on any atom is 0.190 e. The van der Waals surface area contributed by atoms with Crippen LogP contribution in [0.15, 0.2) is 52.0 Å². The Balaban J connectivity index is 2.11. The van der Waals surface area contributed by atoms with Crippen LogP contribution in [-0.2, 0) is 13.0 Å². The Morgan fingerprint density at radius 2 is 2.04 bits per heavy atom. The maximum atomic E-state index is 4.40. The van der Waals surface area contributed by atoms with Gasteiger partial charge in [-0.15, -0.1) is 0 Å². The average Bonchev–Trinajstić information content (AvgIpc) is 2.69. The van der Waals surface area contributed by atoms with Gasteiger partial charge in [0.1, 0.15) is 0 Å². The Morgan fingerprint density at radius 3 is 2.59 bits per heavy atom. The summed E-state index contributed by atoms with van der Waals surface area (Å²) < 4.78 is 0. The first-order valence-electron chi connectivity index (χ1n) is 9.48. The van der Waals surface area contributed by atoms with Crippen molar-refractivity contribution in [1.29, 1.82) is 0 Å². The first kappa shape index (κ1) is 20.8. The Hall–Kier alpha value is -2.53. The summed E-state index contributed by atoms with van der Waals surface area (Å²) in [7, 11) is 1.76. The number of hydrogen-bond acceptors (Lipinski definition) is 3. The van der Waals surface area contributed by atoms with Crippen molar-refractivity contribution in [2.75, 3.05) is 33.2 Å². The minimum absolute atomic E-state index is 0.582. The molecule has 1 aromatic rings. The molecule has 0 aromatic heterocycles. The quantitative estimate of drug-likeness (QED) is 0.590. The van der Waals surface area contributed by atoms with E-state index in [0.717, 1.165) is 44.1 Å². The van der Waals surface area contributed by atoms with Crippen molar-refractivity contribution in [2.45, 2.75) is 26.8 Å². The van der Waals surface area contributed by atoms with Crippen molar-refractivity contribution in [1.82, 2.24) is 9.80 Å². The van der Waals surface area contributed by atoms with Crippen LogP contribution in [0, 0.1) is 0 Å². The molecule has 0 radical (unpaired) electrons. The van der Waals surface area contributed by atoms with Crippen molar-refractivity contribution in [2.24, 2.45) is 15.0 Å². The molecule has 0 N–H and O–H groups in total. The summed E-state index contributed by atoms with van der Waals surface area (Å²) in [6.45, 7) is 20.1. The van der Waals surface area contributed by atoms with E-state index < -0.39 is 0 Å². The average molecular weight is 366 g/mol. The minimum atomic E-state index is 0.582. The number of amidine groups is 2. The van der Waals surface area contributed by atoms with Gasteiger partial charge in [-0.2, -0.15) is 0 Å². The topological polar surface area (TPSA) is 43.6 Å². The minimum Gasteiger partial charge on any atom is -0.325 e. The third kappa shape index (κ3) is 5.01. The molecule has 0 spiro atoms. The van der Waals surface area contributed by atoms with E-state index in [1.54, 1.807) is 7.05 Å². The molecule has 0 unspecified atom stereocenters. The van der Waals surface area contributed by atoms with Gasteiger partial charge in [0.15, 0.2) is 11.7 Å². The van der Waals surface area contributed by atoms with Gasteiger partial charge < -0.3 is 4.90 Å². The van der Waals surface area contributed by atoms with E-state index >= 15 is 0 Å². The summed E-state index contributed by atoms with van der Waals surface area (Å²) in [6.07, 6.45) is 2.99. The van der Waals surface area contributed by atoms with Gasteiger partial charge in [-0.1, -0.05) is 44.4 Å². The highest BCUT2D eigenvalue weighted by Crippen LogP contribution is 2.20. The van der Waals surface area contributed by atoms with E-state index in [-0.39, 0.29) is 0 Å². The Kier molecular flexibility index (Phi) is 7.67. The van der Waals surface area contributed by atoms with Crippen LogP contribution in [0.2, 0.25) is 0 Å². The molecular weight excluding hydrogens is 334 g/mol. The van der Waals surface area contributed by atoms with Gasteiger partial charge in [0.25, 0.3) is 0 Å². The molecule has 1 fully saturated rings. The van der Waals surface area contributed by atoms with E-state index in [9.17, 15) is 0 Å². The van der Waals surface area contributed by atoms with Crippen LogP contribution in [0.4, 0.5) is 0 Å². The summed E-state index contributed by atoms with van der Waals surface area (Å²) in [4.78, 5) is 17.3. The van der Waals surface area contributed by atoms with Gasteiger partial charge in [0, 0.05) is 45.5 Å². The number of aryl methyl sites for hydroxylation is 1. The second-order valence-electron chi connectivity index (χ2n) is 6.52. The molecule has 0 saturated carbocycles. The molecule has 1 aromatic carbocycles. The molecule has 0 aliphatic carbocycles. The number of benzene rings is 1. The third-order valence-corrected chi connectivity index (χ3v) is 4.79. The summed E-state index contributed by atoms with van der Waals surface area (Å²) >= 11 is 0. The highest BCUT2D eigenvalue weighted by molar-refractivity contribution is 6.41. The van der Waals surface area contributed by atoms with Crippen molar-refractivity contribution >= 4 is 24.5 Å². The van der Waals surface area contributed by atoms with E-state index in [4.69, 9.17) is 0 Å². The standard InChI is InChI=1S/C22H31N5/c1-7-18-10-11-20(19(8-2)14-18)16-26-12-13-27(17(4)15-26)22(24-6)21(23-5)25-9-3/h8,10-11,14H,2,4-5,7,9,12-13,15-16H2,1,3,6H3. The SMILES string of the molecule is C=Cc1cc(CC)ccc1CN1CCN(C(=NC)C(N=C)=NCC)C(=C)C1. The van der Waals surface area contributed by atoms with Crippen LogP contribution >= 0.6 is 0 Å². The predicted octanol–water partition coefficient (Wildman–Crippen LogP) is 3.67. The van der Waals surface area contributed by atoms with Crippen molar-refractivity contribution in [3.8, 4) is 0 Å². The molecule has 1 aliphatic heterocycles. The lowest BCUT2D eigenvalue weighted by molar-refractivity contribution is 0.214. The van der Waals surface area contributed by atoms with Crippen molar-refractivity contribution < 1.29 is 0 Å². The Morgan fingerprint density at radius 1 is 1.26 bits per heavy atom. The van der Waals surface area contributed by atoms with Gasteiger partial charge in [-0.3, -0.25) is 14.9 Å². The van der Waals surface area contributed by atoms with E-state index in [2.05, 4.69) is 69.8 Å². The third-order valence-electron chi connectivity index (χ3n) is 4.79. The molecule has 5 heteroatoms. The summed E-state index contributed by atoms with van der Waals surface area (Å²) in [5.74, 6) is 1.33. The molecule has 27 heavy (non-hydrogen) atoms. The van der Waals surface area contributed by atoms with Crippen LogP contribution in [0.1, 0.15) is 30.5 Å². The number of rotatable bonds is 5. The Labute approximate surface area is 163 Å². The van der Waals surface area contributed by atoms with Crippen LogP contribution in [0.5, 0.6) is 0 Å². The molecule has 0 atom stereocenters. The smallest absolute Gasteiger partial charge is 0.190 e. The molecule has 1 heterocycles. The molecule has 144 valence electrons. The fourth-order valence-electron chi connectivity index (χ4n) is 3.33. The van der Waals surface area contributed by atoms with E-state index in [1.165, 1.54) is 16.7 Å². The fourth-order valence-corrected chi connectivity index (χ4v) is 3.33. The largest absolute Gasteiger partial charge is 0.325 e. The van der Waals surface area contributed by atoms with Crippen molar-refractivity contribution in [3.05, 3.63) is 53.7 Å². The second-order valence-corrected chi connectivity index (χ2v) is 6.52. The zero-order valence-electron chi connectivity index (χ0n) is 16.9. The summed E-state index contributed by atoms with van der Waals surface area (Å²) in [6, 6.07) is 6.66. The first-order chi connectivity index (χ1) is 13.1. The Bertz CT molecular complexity index is 760. The second kappa shape index (κ2) is 9.97. The van der Waals surface area contributed by atoms with Gasteiger partial charge >= 0.3 is 0 Å². The molecule has 0 amide bonds. The number of aliphatic imine (C=N–C) groups is 3. The fraction of sp³-hybridized carbons (Fsp3) is 0.409. The summed E-state index contributed by atoms with van der Waals surface area (Å²) in [5, 5.41) is 0. The van der Waals surface area contributed by atoms with Gasteiger partial charge in [0.2, 0.25) is 0 Å². The normalized spacial score (nSPS) is 16.6. The molecule has 1 aliphatic rings. The lowest BCUT2D eigenvalue weighted by atomic mass is 10.0. The van der Waals surface area contributed by atoms with Crippen LogP contribution < -0.4 is 0 Å². The lowest BCUT2D eigenvalue weighted by Crippen LogP contribution is -2.48.